The van der Waals surface area contributed by atoms with E-state index in [2.05, 4.69) is 53.0 Å². The van der Waals surface area contributed by atoms with Crippen LogP contribution in [0.3, 0.4) is 0 Å². The highest BCUT2D eigenvalue weighted by molar-refractivity contribution is 7.99. The fourth-order valence-electron chi connectivity index (χ4n) is 2.77. The molecule has 0 radical (unpaired) electrons. The van der Waals surface area contributed by atoms with Gasteiger partial charge in [-0.25, -0.2) is 4.79 Å². The molecule has 0 saturated heterocycles. The molecule has 0 aliphatic heterocycles. The van der Waals surface area contributed by atoms with E-state index in [9.17, 15) is 4.79 Å². The van der Waals surface area contributed by atoms with Gasteiger partial charge in [-0.2, -0.15) is 0 Å². The van der Waals surface area contributed by atoms with Crippen LogP contribution in [0.25, 0.3) is 5.65 Å². The lowest BCUT2D eigenvalue weighted by atomic mass is 10.2. The van der Waals surface area contributed by atoms with Crippen LogP contribution >= 0.6 is 11.8 Å². The zero-order valence-corrected chi connectivity index (χ0v) is 17.6. The summed E-state index contributed by atoms with van der Waals surface area (Å²) in [6.07, 6.45) is 2.99. The lowest BCUT2D eigenvalue weighted by Crippen LogP contribution is -2.40. The number of hydrogen-bond acceptors (Lipinski definition) is 4. The lowest BCUT2D eigenvalue weighted by Gasteiger charge is -2.14. The molecule has 2 N–H and O–H groups in total. The van der Waals surface area contributed by atoms with Gasteiger partial charge in [0, 0.05) is 34.5 Å². The number of carbonyl (C=O) groups excluding carboxylic acids is 1. The molecule has 0 fully saturated rings. The minimum Gasteiger partial charge on any atom is -0.336 e. The van der Waals surface area contributed by atoms with Crippen LogP contribution < -0.4 is 10.6 Å². The van der Waals surface area contributed by atoms with E-state index in [-0.39, 0.29) is 12.1 Å². The van der Waals surface area contributed by atoms with Crippen molar-refractivity contribution in [3.8, 4) is 0 Å². The summed E-state index contributed by atoms with van der Waals surface area (Å²) >= 11 is 1.67. The van der Waals surface area contributed by atoms with Gasteiger partial charge in [0.25, 0.3) is 0 Å². The highest BCUT2D eigenvalue weighted by Crippen LogP contribution is 2.31. The third-order valence-corrected chi connectivity index (χ3v) is 5.64. The molecule has 1 atom stereocenters. The first kappa shape index (κ1) is 20.2. The number of rotatable bonds is 7. The quantitative estimate of drug-likeness (QED) is 0.611. The van der Waals surface area contributed by atoms with E-state index in [4.69, 9.17) is 0 Å². The molecule has 2 amide bonds. The molecule has 3 aromatic rings. The first-order chi connectivity index (χ1) is 13.5. The second-order valence-corrected chi connectivity index (χ2v) is 8.27. The highest BCUT2D eigenvalue weighted by atomic mass is 32.2. The first-order valence-electron chi connectivity index (χ1n) is 9.62. The molecule has 7 heteroatoms. The molecular formula is C21H27N5OS. The van der Waals surface area contributed by atoms with Crippen molar-refractivity contribution in [2.75, 3.05) is 0 Å². The molecule has 6 nitrogen and oxygen atoms in total. The Kier molecular flexibility index (Phi) is 6.57. The molecule has 3 rings (SSSR count). The standard InChI is InChI=1S/C21H27N5OS/c1-5-15(4)23-21(27)22-12-16-8-6-7-9-18(16)28-17-10-11-19-24-25-20(14(2)3)26(19)13-17/h6-11,13-15H,5,12H2,1-4H3,(H2,22,23,27). The maximum Gasteiger partial charge on any atom is 0.315 e. The van der Waals surface area contributed by atoms with Gasteiger partial charge in [-0.05, 0) is 37.1 Å². The maximum absolute atomic E-state index is 12.0. The molecule has 28 heavy (non-hydrogen) atoms. The topological polar surface area (TPSA) is 71.3 Å². The number of carbonyl (C=O) groups is 1. The summed E-state index contributed by atoms with van der Waals surface area (Å²) in [7, 11) is 0. The molecule has 0 aliphatic rings. The number of fused-ring (bicyclic) bond motifs is 1. The smallest absolute Gasteiger partial charge is 0.315 e. The molecule has 0 bridgehead atoms. The number of amides is 2. The van der Waals surface area contributed by atoms with Crippen LogP contribution in [-0.2, 0) is 6.54 Å². The zero-order valence-electron chi connectivity index (χ0n) is 16.8. The highest BCUT2D eigenvalue weighted by Gasteiger charge is 2.12. The van der Waals surface area contributed by atoms with Gasteiger partial charge in [-0.1, -0.05) is 50.7 Å². The van der Waals surface area contributed by atoms with E-state index in [0.717, 1.165) is 33.2 Å². The SMILES string of the molecule is CCC(C)NC(=O)NCc1ccccc1Sc1ccc2nnc(C(C)C)n2c1. The van der Waals surface area contributed by atoms with Crippen molar-refractivity contribution in [2.45, 2.75) is 62.4 Å². The largest absolute Gasteiger partial charge is 0.336 e. The number of aromatic nitrogens is 3. The van der Waals surface area contributed by atoms with Gasteiger partial charge in [-0.15, -0.1) is 10.2 Å². The predicted octanol–water partition coefficient (Wildman–Crippen LogP) is 4.60. The van der Waals surface area contributed by atoms with Gasteiger partial charge in [0.05, 0.1) is 0 Å². The Labute approximate surface area is 170 Å². The fraction of sp³-hybridized carbons (Fsp3) is 0.381. The van der Waals surface area contributed by atoms with Crippen molar-refractivity contribution in [3.63, 3.8) is 0 Å². The third kappa shape index (κ3) is 4.84. The number of nitrogens with zero attached hydrogens (tertiary/aromatic N) is 3. The van der Waals surface area contributed by atoms with Gasteiger partial charge in [-0.3, -0.25) is 4.40 Å². The van der Waals surface area contributed by atoms with Crippen molar-refractivity contribution in [1.29, 1.82) is 0 Å². The Balaban J connectivity index is 1.75. The van der Waals surface area contributed by atoms with E-state index in [1.165, 1.54) is 0 Å². The maximum atomic E-state index is 12.0. The molecule has 0 saturated carbocycles. The van der Waals surface area contributed by atoms with Crippen molar-refractivity contribution >= 4 is 23.4 Å². The Bertz CT molecular complexity index is 953. The first-order valence-corrected chi connectivity index (χ1v) is 10.4. The second kappa shape index (κ2) is 9.10. The molecular weight excluding hydrogens is 370 g/mol. The number of nitrogens with one attached hydrogen (secondary N) is 2. The molecule has 1 unspecified atom stereocenters. The number of pyridine rings is 1. The predicted molar refractivity (Wildman–Crippen MR) is 113 cm³/mol. The molecule has 2 aromatic heterocycles. The second-order valence-electron chi connectivity index (χ2n) is 7.15. The number of benzene rings is 1. The summed E-state index contributed by atoms with van der Waals surface area (Å²) in [4.78, 5) is 14.2. The van der Waals surface area contributed by atoms with Crippen LogP contribution in [0, 0.1) is 0 Å². The summed E-state index contributed by atoms with van der Waals surface area (Å²) in [5.41, 5.74) is 1.93. The van der Waals surface area contributed by atoms with Crippen molar-refractivity contribution in [2.24, 2.45) is 0 Å². The molecule has 0 aliphatic carbocycles. The van der Waals surface area contributed by atoms with E-state index in [0.29, 0.717) is 12.5 Å². The molecule has 2 heterocycles. The Morgan fingerprint density at radius 3 is 2.68 bits per heavy atom. The van der Waals surface area contributed by atoms with Gasteiger partial charge in [0.1, 0.15) is 5.82 Å². The Morgan fingerprint density at radius 2 is 1.93 bits per heavy atom. The van der Waals surface area contributed by atoms with E-state index < -0.39 is 0 Å². The summed E-state index contributed by atoms with van der Waals surface area (Å²) in [6.45, 7) is 8.75. The summed E-state index contributed by atoms with van der Waals surface area (Å²) in [6, 6.07) is 12.2. The van der Waals surface area contributed by atoms with E-state index in [1.54, 1.807) is 11.8 Å². The summed E-state index contributed by atoms with van der Waals surface area (Å²) in [5.74, 6) is 1.25. The van der Waals surface area contributed by atoms with Crippen LogP contribution in [0.5, 0.6) is 0 Å². The average Bonchev–Trinajstić information content (AvgIpc) is 3.10. The van der Waals surface area contributed by atoms with Crippen molar-refractivity contribution in [3.05, 3.63) is 54.0 Å². The van der Waals surface area contributed by atoms with E-state index >= 15 is 0 Å². The van der Waals surface area contributed by atoms with Crippen molar-refractivity contribution in [1.82, 2.24) is 25.2 Å². The average molecular weight is 398 g/mol. The fourth-order valence-corrected chi connectivity index (χ4v) is 3.74. The monoisotopic (exact) mass is 397 g/mol. The van der Waals surface area contributed by atoms with Crippen LogP contribution in [0.4, 0.5) is 4.79 Å². The lowest BCUT2D eigenvalue weighted by molar-refractivity contribution is 0.237. The summed E-state index contributed by atoms with van der Waals surface area (Å²) in [5, 5.41) is 14.4. The third-order valence-electron chi connectivity index (χ3n) is 4.55. The zero-order chi connectivity index (χ0) is 20.1. The van der Waals surface area contributed by atoms with Gasteiger partial charge >= 0.3 is 6.03 Å². The molecule has 1 aromatic carbocycles. The van der Waals surface area contributed by atoms with Crippen LogP contribution in [-0.4, -0.2) is 26.7 Å². The van der Waals surface area contributed by atoms with Crippen LogP contribution in [0.1, 0.15) is 51.4 Å². The van der Waals surface area contributed by atoms with Gasteiger partial charge in [0.2, 0.25) is 0 Å². The van der Waals surface area contributed by atoms with Crippen LogP contribution in [0.15, 0.2) is 52.4 Å². The van der Waals surface area contributed by atoms with Crippen LogP contribution in [0.2, 0.25) is 0 Å². The minimum atomic E-state index is -0.137. The number of urea groups is 1. The Morgan fingerprint density at radius 1 is 1.14 bits per heavy atom. The van der Waals surface area contributed by atoms with Gasteiger partial charge in [0.15, 0.2) is 5.65 Å². The summed E-state index contributed by atoms with van der Waals surface area (Å²) < 4.78 is 2.05. The minimum absolute atomic E-state index is 0.137. The van der Waals surface area contributed by atoms with E-state index in [1.807, 2.05) is 42.5 Å². The Hall–Kier alpha value is -2.54. The molecule has 148 valence electrons. The van der Waals surface area contributed by atoms with Gasteiger partial charge < -0.3 is 10.6 Å². The number of hydrogen-bond donors (Lipinski definition) is 2. The molecule has 0 spiro atoms. The normalized spacial score (nSPS) is 12.3. The van der Waals surface area contributed by atoms with Crippen molar-refractivity contribution < 1.29 is 4.79 Å².